The first-order chi connectivity index (χ1) is 6.79. The molecule has 0 aliphatic carbocycles. The van der Waals surface area contributed by atoms with Gasteiger partial charge in [0.1, 0.15) is 0 Å². The van der Waals surface area contributed by atoms with Gasteiger partial charge in [-0.15, -0.1) is 0 Å². The SMILES string of the molecule is NC1CCCN(C2CCCOC2)C1=O. The van der Waals surface area contributed by atoms with Crippen LogP contribution in [0, 0.1) is 0 Å². The summed E-state index contributed by atoms with van der Waals surface area (Å²) >= 11 is 0. The number of rotatable bonds is 1. The fourth-order valence-corrected chi connectivity index (χ4v) is 2.26. The molecule has 2 fully saturated rings. The van der Waals surface area contributed by atoms with Crippen molar-refractivity contribution < 1.29 is 9.53 Å². The second-order valence-electron chi connectivity index (χ2n) is 4.15. The van der Waals surface area contributed by atoms with Crippen LogP contribution < -0.4 is 5.73 Å². The van der Waals surface area contributed by atoms with Gasteiger partial charge in [0.2, 0.25) is 5.91 Å². The summed E-state index contributed by atoms with van der Waals surface area (Å²) in [5.74, 6) is 0.117. The van der Waals surface area contributed by atoms with Crippen LogP contribution in [0.2, 0.25) is 0 Å². The lowest BCUT2D eigenvalue weighted by molar-refractivity contribution is -0.140. The predicted molar refractivity (Wildman–Crippen MR) is 52.8 cm³/mol. The minimum Gasteiger partial charge on any atom is -0.379 e. The van der Waals surface area contributed by atoms with Crippen molar-refractivity contribution in [1.82, 2.24) is 4.90 Å². The maximum atomic E-state index is 11.8. The van der Waals surface area contributed by atoms with Gasteiger partial charge in [0.25, 0.3) is 0 Å². The van der Waals surface area contributed by atoms with Gasteiger partial charge in [-0.25, -0.2) is 0 Å². The topological polar surface area (TPSA) is 55.6 Å². The molecule has 2 unspecified atom stereocenters. The Morgan fingerprint density at radius 1 is 1.36 bits per heavy atom. The standard InChI is InChI=1S/C10H18N2O2/c11-9-4-1-5-12(10(9)13)8-3-2-6-14-7-8/h8-9H,1-7,11H2. The molecule has 2 rings (SSSR count). The van der Waals surface area contributed by atoms with E-state index in [-0.39, 0.29) is 18.0 Å². The normalized spacial score (nSPS) is 34.6. The van der Waals surface area contributed by atoms with E-state index in [9.17, 15) is 4.79 Å². The zero-order valence-corrected chi connectivity index (χ0v) is 8.45. The number of nitrogens with zero attached hydrogens (tertiary/aromatic N) is 1. The zero-order chi connectivity index (χ0) is 9.97. The lowest BCUT2D eigenvalue weighted by atomic mass is 10.0. The zero-order valence-electron chi connectivity index (χ0n) is 8.45. The monoisotopic (exact) mass is 198 g/mol. The van der Waals surface area contributed by atoms with E-state index in [0.717, 1.165) is 38.8 Å². The highest BCUT2D eigenvalue weighted by atomic mass is 16.5. The Morgan fingerprint density at radius 2 is 2.21 bits per heavy atom. The Kier molecular flexibility index (Phi) is 3.03. The molecule has 1 amide bonds. The van der Waals surface area contributed by atoms with E-state index in [0.29, 0.717) is 6.61 Å². The Morgan fingerprint density at radius 3 is 2.93 bits per heavy atom. The molecular weight excluding hydrogens is 180 g/mol. The van der Waals surface area contributed by atoms with Crippen molar-refractivity contribution in [1.29, 1.82) is 0 Å². The molecule has 0 saturated carbocycles. The number of likely N-dealkylation sites (tertiary alicyclic amines) is 1. The molecule has 0 spiro atoms. The van der Waals surface area contributed by atoms with Gasteiger partial charge in [-0.05, 0) is 25.7 Å². The van der Waals surface area contributed by atoms with E-state index < -0.39 is 0 Å². The second kappa shape index (κ2) is 4.28. The molecule has 0 aromatic carbocycles. The number of carbonyl (C=O) groups excluding carboxylic acids is 1. The summed E-state index contributed by atoms with van der Waals surface area (Å²) in [6.45, 7) is 2.39. The molecule has 14 heavy (non-hydrogen) atoms. The van der Waals surface area contributed by atoms with E-state index >= 15 is 0 Å². The van der Waals surface area contributed by atoms with Crippen molar-refractivity contribution in [3.63, 3.8) is 0 Å². The van der Waals surface area contributed by atoms with Crippen molar-refractivity contribution >= 4 is 5.91 Å². The maximum absolute atomic E-state index is 11.8. The summed E-state index contributed by atoms with van der Waals surface area (Å²) in [7, 11) is 0. The van der Waals surface area contributed by atoms with Crippen LogP contribution in [0.5, 0.6) is 0 Å². The van der Waals surface area contributed by atoms with Gasteiger partial charge in [-0.3, -0.25) is 4.79 Å². The first-order valence-electron chi connectivity index (χ1n) is 5.43. The molecule has 0 bridgehead atoms. The van der Waals surface area contributed by atoms with E-state index in [1.54, 1.807) is 0 Å². The van der Waals surface area contributed by atoms with Crippen LogP contribution in [-0.4, -0.2) is 42.6 Å². The third-order valence-corrected chi connectivity index (χ3v) is 3.09. The number of nitrogens with two attached hydrogens (primary N) is 1. The third-order valence-electron chi connectivity index (χ3n) is 3.09. The number of carbonyl (C=O) groups is 1. The van der Waals surface area contributed by atoms with Gasteiger partial charge >= 0.3 is 0 Å². The van der Waals surface area contributed by atoms with Crippen molar-refractivity contribution in [3.8, 4) is 0 Å². The number of ether oxygens (including phenoxy) is 1. The van der Waals surface area contributed by atoms with Gasteiger partial charge in [-0.1, -0.05) is 0 Å². The molecule has 2 heterocycles. The van der Waals surface area contributed by atoms with Gasteiger partial charge in [0.15, 0.2) is 0 Å². The highest BCUT2D eigenvalue weighted by Crippen LogP contribution is 2.19. The maximum Gasteiger partial charge on any atom is 0.239 e. The van der Waals surface area contributed by atoms with Gasteiger partial charge in [0.05, 0.1) is 18.7 Å². The van der Waals surface area contributed by atoms with Crippen molar-refractivity contribution in [2.75, 3.05) is 19.8 Å². The summed E-state index contributed by atoms with van der Waals surface area (Å²) in [6.07, 6.45) is 3.99. The summed E-state index contributed by atoms with van der Waals surface area (Å²) < 4.78 is 5.38. The lowest BCUT2D eigenvalue weighted by Crippen LogP contribution is -2.54. The van der Waals surface area contributed by atoms with Crippen molar-refractivity contribution in [3.05, 3.63) is 0 Å². The van der Waals surface area contributed by atoms with Crippen LogP contribution >= 0.6 is 0 Å². The van der Waals surface area contributed by atoms with Crippen molar-refractivity contribution in [2.45, 2.75) is 37.8 Å². The van der Waals surface area contributed by atoms with Gasteiger partial charge < -0.3 is 15.4 Å². The van der Waals surface area contributed by atoms with Crippen LogP contribution in [0.15, 0.2) is 0 Å². The van der Waals surface area contributed by atoms with Crippen LogP contribution in [0.25, 0.3) is 0 Å². The van der Waals surface area contributed by atoms with Crippen LogP contribution in [0.3, 0.4) is 0 Å². The predicted octanol–water partition coefficient (Wildman–Crippen LogP) is 0.115. The minimum absolute atomic E-state index is 0.117. The quantitative estimate of drug-likeness (QED) is 0.651. The molecule has 4 heteroatoms. The molecule has 0 radical (unpaired) electrons. The van der Waals surface area contributed by atoms with Crippen LogP contribution in [0.4, 0.5) is 0 Å². The summed E-state index contributed by atoms with van der Waals surface area (Å²) in [6, 6.07) is 0.00766. The molecule has 80 valence electrons. The Balaban J connectivity index is 1.97. The summed E-state index contributed by atoms with van der Waals surface area (Å²) in [4.78, 5) is 13.7. The first-order valence-corrected chi connectivity index (χ1v) is 5.43. The van der Waals surface area contributed by atoms with E-state index in [1.807, 2.05) is 4.90 Å². The highest BCUT2D eigenvalue weighted by molar-refractivity contribution is 5.82. The van der Waals surface area contributed by atoms with Crippen LogP contribution in [0.1, 0.15) is 25.7 Å². The average Bonchev–Trinajstić information content (AvgIpc) is 2.23. The van der Waals surface area contributed by atoms with Gasteiger partial charge in [-0.2, -0.15) is 0 Å². The smallest absolute Gasteiger partial charge is 0.239 e. The Bertz CT molecular complexity index is 214. The Labute approximate surface area is 84.4 Å². The molecule has 4 nitrogen and oxygen atoms in total. The average molecular weight is 198 g/mol. The number of amides is 1. The number of piperidine rings is 1. The summed E-state index contributed by atoms with van der Waals surface area (Å²) in [5, 5.41) is 0. The first kappa shape index (κ1) is 9.93. The van der Waals surface area contributed by atoms with E-state index in [4.69, 9.17) is 10.5 Å². The molecule has 0 aromatic rings. The molecule has 2 atom stereocenters. The molecule has 2 aliphatic rings. The second-order valence-corrected chi connectivity index (χ2v) is 4.15. The van der Waals surface area contributed by atoms with E-state index in [1.165, 1.54) is 0 Å². The highest BCUT2D eigenvalue weighted by Gasteiger charge is 2.31. The lowest BCUT2D eigenvalue weighted by Gasteiger charge is -2.38. The third kappa shape index (κ3) is 1.91. The minimum atomic E-state index is -0.273. The number of hydrogen-bond acceptors (Lipinski definition) is 3. The van der Waals surface area contributed by atoms with Gasteiger partial charge in [0, 0.05) is 13.2 Å². The fourth-order valence-electron chi connectivity index (χ4n) is 2.26. The van der Waals surface area contributed by atoms with Crippen molar-refractivity contribution in [2.24, 2.45) is 5.73 Å². The van der Waals surface area contributed by atoms with Crippen LogP contribution in [-0.2, 0) is 9.53 Å². The summed E-state index contributed by atoms with van der Waals surface area (Å²) in [5.41, 5.74) is 5.74. The molecular formula is C10H18N2O2. The molecule has 2 aliphatic heterocycles. The molecule has 2 saturated heterocycles. The largest absolute Gasteiger partial charge is 0.379 e. The van der Waals surface area contributed by atoms with E-state index in [2.05, 4.69) is 0 Å². The fraction of sp³-hybridized carbons (Fsp3) is 0.900. The Hall–Kier alpha value is -0.610. The molecule has 2 N–H and O–H groups in total. The molecule has 0 aromatic heterocycles. The number of hydrogen-bond donors (Lipinski definition) is 1.